The Morgan fingerprint density at radius 2 is 1.57 bits per heavy atom. The maximum atomic E-state index is 4.79. The number of hydrogen-bond acceptors (Lipinski definition) is 1. The first kappa shape index (κ1) is 14.3. The Kier molecular flexibility index (Phi) is 3.58. The van der Waals surface area contributed by atoms with E-state index in [-0.39, 0.29) is 0 Å². The highest BCUT2D eigenvalue weighted by molar-refractivity contribution is 9.10. The third-order valence-electron chi connectivity index (χ3n) is 3.86. The van der Waals surface area contributed by atoms with E-state index in [9.17, 15) is 0 Å². The number of halogens is 1. The Hall–Kier alpha value is -1.67. The average molecular weight is 340 g/mol. The van der Waals surface area contributed by atoms with E-state index < -0.39 is 0 Å². The summed E-state index contributed by atoms with van der Waals surface area (Å²) in [7, 11) is 0. The van der Waals surface area contributed by atoms with Crippen molar-refractivity contribution in [2.45, 2.75) is 27.7 Å². The molecule has 0 aliphatic rings. The van der Waals surface area contributed by atoms with Crippen molar-refractivity contribution in [3.05, 3.63) is 63.3 Å². The van der Waals surface area contributed by atoms with Gasteiger partial charge in [0.2, 0.25) is 0 Å². The van der Waals surface area contributed by atoms with Crippen LogP contribution in [0.1, 0.15) is 22.4 Å². The van der Waals surface area contributed by atoms with Crippen LogP contribution in [0, 0.1) is 27.7 Å². The Labute approximate surface area is 134 Å². The summed E-state index contributed by atoms with van der Waals surface area (Å²) in [6.07, 6.45) is 0. The van der Waals surface area contributed by atoms with Crippen LogP contribution >= 0.6 is 15.9 Å². The quantitative estimate of drug-likeness (QED) is 0.538. The van der Waals surface area contributed by atoms with Gasteiger partial charge in [0.05, 0.1) is 5.52 Å². The normalized spacial score (nSPS) is 11.1. The van der Waals surface area contributed by atoms with E-state index in [1.807, 2.05) is 6.92 Å². The molecule has 0 atom stereocenters. The second kappa shape index (κ2) is 5.27. The molecule has 3 rings (SSSR count). The summed E-state index contributed by atoms with van der Waals surface area (Å²) >= 11 is 3.66. The Morgan fingerprint density at radius 3 is 2.24 bits per heavy atom. The molecule has 0 amide bonds. The van der Waals surface area contributed by atoms with Gasteiger partial charge in [-0.3, -0.25) is 4.98 Å². The van der Waals surface area contributed by atoms with Crippen molar-refractivity contribution in [1.29, 1.82) is 0 Å². The molecule has 0 unspecified atom stereocenters. The average Bonchev–Trinajstić information content (AvgIpc) is 2.38. The topological polar surface area (TPSA) is 12.9 Å². The zero-order chi connectivity index (χ0) is 15.1. The van der Waals surface area contributed by atoms with Crippen molar-refractivity contribution < 1.29 is 0 Å². The predicted octanol–water partition coefficient (Wildman–Crippen LogP) is 5.90. The number of rotatable bonds is 1. The fourth-order valence-electron chi connectivity index (χ4n) is 3.13. The van der Waals surface area contributed by atoms with E-state index in [0.29, 0.717) is 0 Å². The van der Waals surface area contributed by atoms with Crippen LogP contribution in [-0.2, 0) is 0 Å². The van der Waals surface area contributed by atoms with Gasteiger partial charge in [-0.25, -0.2) is 0 Å². The molecule has 0 saturated heterocycles. The molecule has 21 heavy (non-hydrogen) atoms. The minimum Gasteiger partial charge on any atom is -0.252 e. The summed E-state index contributed by atoms with van der Waals surface area (Å²) in [5.74, 6) is 0. The lowest BCUT2D eigenvalue weighted by Crippen LogP contribution is -1.94. The molecule has 0 aliphatic carbocycles. The van der Waals surface area contributed by atoms with Gasteiger partial charge in [-0.2, -0.15) is 0 Å². The number of aryl methyl sites for hydroxylation is 4. The fraction of sp³-hybridized carbons (Fsp3) is 0.211. The van der Waals surface area contributed by atoms with E-state index in [2.05, 4.69) is 73.1 Å². The Morgan fingerprint density at radius 1 is 0.905 bits per heavy atom. The monoisotopic (exact) mass is 339 g/mol. The van der Waals surface area contributed by atoms with E-state index in [1.165, 1.54) is 27.8 Å². The summed E-state index contributed by atoms with van der Waals surface area (Å²) in [6.45, 7) is 8.54. The molecule has 106 valence electrons. The van der Waals surface area contributed by atoms with Gasteiger partial charge in [-0.15, -0.1) is 0 Å². The van der Waals surface area contributed by atoms with Crippen molar-refractivity contribution in [1.82, 2.24) is 4.98 Å². The van der Waals surface area contributed by atoms with Crippen LogP contribution in [0.15, 0.2) is 40.9 Å². The molecule has 0 spiro atoms. The zero-order valence-electron chi connectivity index (χ0n) is 12.8. The third kappa shape index (κ3) is 2.49. The zero-order valence-corrected chi connectivity index (χ0v) is 14.4. The van der Waals surface area contributed by atoms with Crippen LogP contribution in [0.4, 0.5) is 0 Å². The second-order valence-electron chi connectivity index (χ2n) is 5.72. The van der Waals surface area contributed by atoms with E-state index in [1.54, 1.807) is 0 Å². The molecule has 0 bridgehead atoms. The first-order chi connectivity index (χ1) is 9.97. The smallest absolute Gasteiger partial charge is 0.0795 e. The van der Waals surface area contributed by atoms with Crippen molar-refractivity contribution in [3.63, 3.8) is 0 Å². The van der Waals surface area contributed by atoms with Gasteiger partial charge in [-0.1, -0.05) is 51.8 Å². The number of fused-ring (bicyclic) bond motifs is 1. The van der Waals surface area contributed by atoms with Crippen LogP contribution in [0.3, 0.4) is 0 Å². The predicted molar refractivity (Wildman–Crippen MR) is 93.8 cm³/mol. The van der Waals surface area contributed by atoms with Gasteiger partial charge in [0, 0.05) is 21.1 Å². The summed E-state index contributed by atoms with van der Waals surface area (Å²) < 4.78 is 1.11. The van der Waals surface area contributed by atoms with Gasteiger partial charge in [-0.05, 0) is 50.5 Å². The molecule has 0 aliphatic heterocycles. The SMILES string of the molecule is Cc1cc(C)c(-c2cccc3c(Br)cc(C)nc23)c(C)c1. The lowest BCUT2D eigenvalue weighted by Gasteiger charge is -2.14. The van der Waals surface area contributed by atoms with Crippen LogP contribution in [0.5, 0.6) is 0 Å². The summed E-state index contributed by atoms with van der Waals surface area (Å²) in [4.78, 5) is 4.79. The third-order valence-corrected chi connectivity index (χ3v) is 4.52. The molecule has 2 heteroatoms. The Bertz CT molecular complexity index is 827. The first-order valence-electron chi connectivity index (χ1n) is 7.11. The summed E-state index contributed by atoms with van der Waals surface area (Å²) in [6, 6.07) is 13.0. The number of benzene rings is 2. The van der Waals surface area contributed by atoms with Gasteiger partial charge in [0.15, 0.2) is 0 Å². The molecule has 0 radical (unpaired) electrons. The van der Waals surface area contributed by atoms with Crippen LogP contribution in [0.2, 0.25) is 0 Å². The second-order valence-corrected chi connectivity index (χ2v) is 6.58. The summed E-state index contributed by atoms with van der Waals surface area (Å²) in [5.41, 5.74) is 8.53. The molecule has 0 saturated carbocycles. The lowest BCUT2D eigenvalue weighted by atomic mass is 9.92. The van der Waals surface area contributed by atoms with E-state index in [0.717, 1.165) is 21.1 Å². The highest BCUT2D eigenvalue weighted by atomic mass is 79.9. The maximum Gasteiger partial charge on any atom is 0.0795 e. The lowest BCUT2D eigenvalue weighted by molar-refractivity contribution is 1.24. The molecule has 0 fully saturated rings. The summed E-state index contributed by atoms with van der Waals surface area (Å²) in [5, 5.41) is 1.16. The Balaban J connectivity index is 2.41. The van der Waals surface area contributed by atoms with Gasteiger partial charge in [0.25, 0.3) is 0 Å². The molecule has 3 aromatic rings. The minimum atomic E-state index is 1.03. The number of nitrogens with zero attached hydrogens (tertiary/aromatic N) is 1. The maximum absolute atomic E-state index is 4.79. The van der Waals surface area contributed by atoms with Crippen LogP contribution < -0.4 is 0 Å². The molecule has 1 nitrogen and oxygen atoms in total. The number of pyridine rings is 1. The number of aromatic nitrogens is 1. The van der Waals surface area contributed by atoms with Crippen molar-refractivity contribution >= 4 is 26.8 Å². The van der Waals surface area contributed by atoms with Crippen molar-refractivity contribution in [3.8, 4) is 11.1 Å². The van der Waals surface area contributed by atoms with E-state index in [4.69, 9.17) is 4.98 Å². The molecule has 1 heterocycles. The van der Waals surface area contributed by atoms with Gasteiger partial charge < -0.3 is 0 Å². The van der Waals surface area contributed by atoms with Crippen LogP contribution in [-0.4, -0.2) is 4.98 Å². The largest absolute Gasteiger partial charge is 0.252 e. The molecular formula is C19H18BrN. The molecular weight excluding hydrogens is 322 g/mol. The first-order valence-corrected chi connectivity index (χ1v) is 7.91. The van der Waals surface area contributed by atoms with Crippen molar-refractivity contribution in [2.75, 3.05) is 0 Å². The highest BCUT2D eigenvalue weighted by Gasteiger charge is 2.12. The van der Waals surface area contributed by atoms with Gasteiger partial charge >= 0.3 is 0 Å². The number of para-hydroxylation sites is 1. The van der Waals surface area contributed by atoms with Crippen molar-refractivity contribution in [2.24, 2.45) is 0 Å². The molecule has 2 aromatic carbocycles. The standard InChI is InChI=1S/C19H18BrN/c1-11-8-12(2)18(13(3)9-11)16-7-5-6-15-17(20)10-14(4)21-19(15)16/h5-10H,1-4H3. The van der Waals surface area contributed by atoms with Gasteiger partial charge in [0.1, 0.15) is 0 Å². The van der Waals surface area contributed by atoms with E-state index >= 15 is 0 Å². The molecule has 0 N–H and O–H groups in total. The number of hydrogen-bond donors (Lipinski definition) is 0. The minimum absolute atomic E-state index is 1.03. The fourth-order valence-corrected chi connectivity index (χ4v) is 3.78. The highest BCUT2D eigenvalue weighted by Crippen LogP contribution is 2.35. The molecule has 1 aromatic heterocycles. The van der Waals surface area contributed by atoms with Crippen LogP contribution in [0.25, 0.3) is 22.0 Å².